The molecule has 0 amide bonds. The zero-order valence-electron chi connectivity index (χ0n) is 9.28. The van der Waals surface area contributed by atoms with Gasteiger partial charge in [0, 0.05) is 0 Å². The molecule has 0 aliphatic heterocycles. The van der Waals surface area contributed by atoms with E-state index in [9.17, 15) is 9.59 Å². The lowest BCUT2D eigenvalue weighted by atomic mass is 10.1. The van der Waals surface area contributed by atoms with Gasteiger partial charge in [-0.25, -0.2) is 0 Å². The summed E-state index contributed by atoms with van der Waals surface area (Å²) in [6.07, 6.45) is 0. The molecule has 2 heterocycles. The molecule has 0 N–H and O–H groups in total. The van der Waals surface area contributed by atoms with Gasteiger partial charge in [-0.1, -0.05) is 0 Å². The molecule has 4 nitrogen and oxygen atoms in total. The maximum absolute atomic E-state index is 10.9. The molecule has 0 spiro atoms. The molecule has 6 heteroatoms. The van der Waals surface area contributed by atoms with E-state index in [1.54, 1.807) is 12.1 Å². The zero-order valence-corrected chi connectivity index (χ0v) is 10.8. The van der Waals surface area contributed by atoms with Crippen LogP contribution in [0, 0.1) is 0 Å². The zero-order chi connectivity index (χ0) is 13.3. The molecule has 0 aliphatic rings. The normalized spacial score (nSPS) is 10.9. The Labute approximate surface area is 112 Å². The highest BCUT2D eigenvalue weighted by molar-refractivity contribution is 6.67. The second-order valence-corrected chi connectivity index (χ2v) is 4.36. The van der Waals surface area contributed by atoms with Gasteiger partial charge in [0.15, 0.2) is 11.5 Å². The fourth-order valence-electron chi connectivity index (χ4n) is 1.52. The van der Waals surface area contributed by atoms with Gasteiger partial charge in [0.2, 0.25) is 0 Å². The van der Waals surface area contributed by atoms with Crippen molar-refractivity contribution < 1.29 is 18.4 Å². The van der Waals surface area contributed by atoms with Crippen molar-refractivity contribution in [1.82, 2.24) is 0 Å². The predicted molar refractivity (Wildman–Crippen MR) is 65.3 cm³/mol. The van der Waals surface area contributed by atoms with E-state index in [4.69, 9.17) is 32.0 Å². The lowest BCUT2D eigenvalue weighted by Crippen LogP contribution is -1.92. The minimum Gasteiger partial charge on any atom is -0.456 e. The predicted octanol–water partition coefficient (Wildman–Crippen LogP) is 3.78. The third-order valence-electron chi connectivity index (χ3n) is 2.49. The van der Waals surface area contributed by atoms with E-state index < -0.39 is 10.5 Å². The first-order valence-corrected chi connectivity index (χ1v) is 5.83. The van der Waals surface area contributed by atoms with Gasteiger partial charge in [0.25, 0.3) is 10.5 Å². The molecule has 0 aliphatic carbocycles. The van der Waals surface area contributed by atoms with E-state index in [0.717, 1.165) is 0 Å². The van der Waals surface area contributed by atoms with Crippen molar-refractivity contribution in [1.29, 1.82) is 0 Å². The van der Waals surface area contributed by atoms with E-state index in [2.05, 4.69) is 0 Å². The Morgan fingerprint density at radius 3 is 1.61 bits per heavy atom. The van der Waals surface area contributed by atoms with Crippen LogP contribution >= 0.6 is 23.2 Å². The number of carbonyl (C=O) groups excluding carboxylic acids is 2. The standard InChI is InChI=1S/C12H8Cl2O4/c1-6(7-2-4-9(17-7)11(13)15)8-3-5-10(18-8)12(14)16/h2-6H,1H3. The highest BCUT2D eigenvalue weighted by Crippen LogP contribution is 2.28. The molecule has 0 saturated carbocycles. The molecular formula is C12H8Cl2O4. The fraction of sp³-hybridized carbons (Fsp3) is 0.167. The number of halogens is 2. The SMILES string of the molecule is CC(c1ccc(C(=O)Cl)o1)c1ccc(C(=O)Cl)o1. The van der Waals surface area contributed by atoms with Crippen LogP contribution < -0.4 is 0 Å². The van der Waals surface area contributed by atoms with Crippen molar-refractivity contribution in [2.75, 3.05) is 0 Å². The van der Waals surface area contributed by atoms with Crippen molar-refractivity contribution >= 4 is 33.7 Å². The number of carbonyl (C=O) groups is 2. The molecule has 0 atom stereocenters. The topological polar surface area (TPSA) is 60.4 Å². The Hall–Kier alpha value is -1.52. The molecule has 18 heavy (non-hydrogen) atoms. The molecule has 2 aromatic rings. The first-order chi connectivity index (χ1) is 8.49. The van der Waals surface area contributed by atoms with Crippen molar-refractivity contribution in [2.24, 2.45) is 0 Å². The largest absolute Gasteiger partial charge is 0.456 e. The summed E-state index contributed by atoms with van der Waals surface area (Å²) in [5, 5.41) is -1.32. The number of furan rings is 2. The molecule has 0 bridgehead atoms. The van der Waals surface area contributed by atoms with Crippen molar-refractivity contribution in [3.05, 3.63) is 47.3 Å². The lowest BCUT2D eigenvalue weighted by Gasteiger charge is -2.04. The van der Waals surface area contributed by atoms with Crippen LogP contribution in [0.15, 0.2) is 33.1 Å². The molecule has 0 fully saturated rings. The third kappa shape index (κ3) is 2.49. The fourth-order valence-corrected chi connectivity index (χ4v) is 1.73. The average Bonchev–Trinajstić information content (AvgIpc) is 2.97. The molecule has 0 aromatic carbocycles. The van der Waals surface area contributed by atoms with Gasteiger partial charge in [0.05, 0.1) is 5.92 Å². The summed E-state index contributed by atoms with van der Waals surface area (Å²) in [7, 11) is 0. The maximum atomic E-state index is 10.9. The van der Waals surface area contributed by atoms with Crippen LogP contribution in [0.1, 0.15) is 45.5 Å². The van der Waals surface area contributed by atoms with Gasteiger partial charge in [-0.2, -0.15) is 0 Å². The van der Waals surface area contributed by atoms with Gasteiger partial charge >= 0.3 is 0 Å². The third-order valence-corrected chi connectivity index (χ3v) is 2.87. The van der Waals surface area contributed by atoms with Crippen LogP contribution in [0.4, 0.5) is 0 Å². The molecule has 2 rings (SSSR count). The Balaban J connectivity index is 2.26. The monoisotopic (exact) mass is 286 g/mol. The second kappa shape index (κ2) is 5.00. The molecule has 94 valence electrons. The molecule has 0 unspecified atom stereocenters. The molecule has 2 aromatic heterocycles. The van der Waals surface area contributed by atoms with Gasteiger partial charge in [-0.05, 0) is 54.4 Å². The van der Waals surface area contributed by atoms with E-state index in [-0.39, 0.29) is 17.4 Å². The van der Waals surface area contributed by atoms with Crippen molar-refractivity contribution in [3.8, 4) is 0 Å². The summed E-state index contributed by atoms with van der Waals surface area (Å²) in [6, 6.07) is 6.23. The first kappa shape index (κ1) is 12.9. The van der Waals surface area contributed by atoms with E-state index in [0.29, 0.717) is 11.5 Å². The average molecular weight is 287 g/mol. The Morgan fingerprint density at radius 2 is 1.33 bits per heavy atom. The van der Waals surface area contributed by atoms with E-state index in [1.807, 2.05) is 6.92 Å². The van der Waals surface area contributed by atoms with E-state index >= 15 is 0 Å². The maximum Gasteiger partial charge on any atom is 0.287 e. The summed E-state index contributed by atoms with van der Waals surface area (Å²) in [5.41, 5.74) is 0. The minimum absolute atomic E-state index is 0.0683. The summed E-state index contributed by atoms with van der Waals surface area (Å²) in [4.78, 5) is 21.8. The summed E-state index contributed by atoms with van der Waals surface area (Å²) in [5.74, 6) is 0.917. The van der Waals surface area contributed by atoms with Gasteiger partial charge in [0.1, 0.15) is 11.5 Å². The first-order valence-electron chi connectivity index (χ1n) is 5.08. The van der Waals surface area contributed by atoms with Crippen LogP contribution in [0.25, 0.3) is 0 Å². The van der Waals surface area contributed by atoms with Gasteiger partial charge in [-0.3, -0.25) is 9.59 Å². The lowest BCUT2D eigenvalue weighted by molar-refractivity contribution is 0.105. The minimum atomic E-state index is -0.662. The Bertz CT molecular complexity index is 544. The highest BCUT2D eigenvalue weighted by Gasteiger charge is 2.19. The van der Waals surface area contributed by atoms with Crippen LogP contribution in [0.3, 0.4) is 0 Å². The highest BCUT2D eigenvalue weighted by atomic mass is 35.5. The smallest absolute Gasteiger partial charge is 0.287 e. The van der Waals surface area contributed by atoms with Crippen molar-refractivity contribution in [2.45, 2.75) is 12.8 Å². The van der Waals surface area contributed by atoms with Crippen LogP contribution in [0.2, 0.25) is 0 Å². The quantitative estimate of drug-likeness (QED) is 0.803. The number of rotatable bonds is 4. The van der Waals surface area contributed by atoms with Gasteiger partial charge < -0.3 is 8.83 Å². The Morgan fingerprint density at radius 1 is 0.944 bits per heavy atom. The van der Waals surface area contributed by atoms with Crippen LogP contribution in [-0.2, 0) is 0 Å². The molecule has 0 radical (unpaired) electrons. The van der Waals surface area contributed by atoms with Crippen molar-refractivity contribution in [3.63, 3.8) is 0 Å². The number of hydrogen-bond acceptors (Lipinski definition) is 4. The van der Waals surface area contributed by atoms with E-state index in [1.165, 1.54) is 12.1 Å². The summed E-state index contributed by atoms with van der Waals surface area (Å²) in [6.45, 7) is 1.81. The molecule has 0 saturated heterocycles. The Kier molecular flexibility index (Phi) is 3.59. The summed E-state index contributed by atoms with van der Waals surface area (Å²) < 4.78 is 10.5. The molecular weight excluding hydrogens is 279 g/mol. The van der Waals surface area contributed by atoms with Gasteiger partial charge in [-0.15, -0.1) is 0 Å². The second-order valence-electron chi connectivity index (χ2n) is 3.67. The number of hydrogen-bond donors (Lipinski definition) is 0. The van der Waals surface area contributed by atoms with Crippen LogP contribution in [-0.4, -0.2) is 10.5 Å². The summed E-state index contributed by atoms with van der Waals surface area (Å²) >= 11 is 10.6. The van der Waals surface area contributed by atoms with Crippen LogP contribution in [0.5, 0.6) is 0 Å².